The molecular formula is C14H13NOS3. The van der Waals surface area contributed by atoms with E-state index in [9.17, 15) is 4.79 Å². The topological polar surface area (TPSA) is 29.1 Å². The molecule has 3 rings (SSSR count). The summed E-state index contributed by atoms with van der Waals surface area (Å²) in [5, 5.41) is 4.87. The van der Waals surface area contributed by atoms with Crippen LogP contribution in [0, 0.1) is 0 Å². The molecule has 0 spiro atoms. The van der Waals surface area contributed by atoms with Crippen molar-refractivity contribution in [2.75, 3.05) is 16.8 Å². The summed E-state index contributed by atoms with van der Waals surface area (Å²) >= 11 is 5.41. The van der Waals surface area contributed by atoms with Crippen LogP contribution in [0.25, 0.3) is 0 Å². The minimum absolute atomic E-state index is 0.0288. The van der Waals surface area contributed by atoms with Gasteiger partial charge in [0.25, 0.3) is 5.91 Å². The van der Waals surface area contributed by atoms with Crippen molar-refractivity contribution in [2.24, 2.45) is 0 Å². The first-order chi connectivity index (χ1) is 9.33. The van der Waals surface area contributed by atoms with Crippen molar-refractivity contribution in [3.8, 4) is 0 Å². The van der Waals surface area contributed by atoms with Crippen molar-refractivity contribution < 1.29 is 4.79 Å². The molecule has 5 heteroatoms. The Bertz CT molecular complexity index is 562. The molecule has 2 aromatic rings. The van der Waals surface area contributed by atoms with Gasteiger partial charge in [-0.05, 0) is 29.1 Å². The highest BCUT2D eigenvalue weighted by atomic mass is 32.2. The third-order valence-corrected chi connectivity index (χ3v) is 6.76. The van der Waals surface area contributed by atoms with Crippen molar-refractivity contribution in [2.45, 2.75) is 4.58 Å². The smallest absolute Gasteiger partial charge is 0.265 e. The van der Waals surface area contributed by atoms with Gasteiger partial charge in [-0.1, -0.05) is 18.2 Å². The Morgan fingerprint density at radius 3 is 2.74 bits per heavy atom. The summed E-state index contributed by atoms with van der Waals surface area (Å²) in [4.78, 5) is 12.7. The van der Waals surface area contributed by atoms with Gasteiger partial charge in [0.05, 0.1) is 9.46 Å². The Morgan fingerprint density at radius 1 is 1.16 bits per heavy atom. The third kappa shape index (κ3) is 3.16. The molecule has 1 fully saturated rings. The van der Waals surface area contributed by atoms with E-state index in [2.05, 4.69) is 17.4 Å². The molecule has 0 unspecified atom stereocenters. The van der Waals surface area contributed by atoms with Crippen molar-refractivity contribution in [3.63, 3.8) is 0 Å². The second kappa shape index (κ2) is 6.03. The predicted octanol–water partition coefficient (Wildman–Crippen LogP) is 4.48. The summed E-state index contributed by atoms with van der Waals surface area (Å²) < 4.78 is 0.513. The first-order valence-electron chi connectivity index (χ1n) is 6.01. The predicted molar refractivity (Wildman–Crippen MR) is 86.4 cm³/mol. The number of amides is 1. The summed E-state index contributed by atoms with van der Waals surface area (Å²) in [7, 11) is 0. The molecule has 0 bridgehead atoms. The van der Waals surface area contributed by atoms with Crippen LogP contribution in [0.4, 0.5) is 5.69 Å². The molecule has 1 N–H and O–H groups in total. The molecule has 1 aliphatic rings. The maximum atomic E-state index is 12.0. The lowest BCUT2D eigenvalue weighted by atomic mass is 10.2. The van der Waals surface area contributed by atoms with E-state index in [0.29, 0.717) is 4.58 Å². The van der Waals surface area contributed by atoms with Crippen LogP contribution in [-0.4, -0.2) is 17.4 Å². The lowest BCUT2D eigenvalue weighted by molar-refractivity contribution is 0.103. The van der Waals surface area contributed by atoms with Crippen molar-refractivity contribution >= 4 is 46.5 Å². The molecule has 0 saturated carbocycles. The number of carbonyl (C=O) groups is 1. The van der Waals surface area contributed by atoms with Gasteiger partial charge >= 0.3 is 0 Å². The van der Waals surface area contributed by atoms with E-state index >= 15 is 0 Å². The second-order valence-corrected chi connectivity index (χ2v) is 7.80. The number of hydrogen-bond donors (Lipinski definition) is 1. The fourth-order valence-corrected chi connectivity index (χ4v) is 5.37. The van der Waals surface area contributed by atoms with Gasteiger partial charge in [-0.15, -0.1) is 34.9 Å². The number of thiophene rings is 1. The largest absolute Gasteiger partial charge is 0.321 e. The van der Waals surface area contributed by atoms with Gasteiger partial charge in [-0.25, -0.2) is 0 Å². The number of rotatable bonds is 3. The highest BCUT2D eigenvalue weighted by Crippen LogP contribution is 2.45. The molecule has 98 valence electrons. The molecule has 1 saturated heterocycles. The van der Waals surface area contributed by atoms with E-state index in [-0.39, 0.29) is 5.91 Å². The molecule has 1 aromatic carbocycles. The zero-order valence-corrected chi connectivity index (χ0v) is 12.6. The molecule has 2 heterocycles. The van der Waals surface area contributed by atoms with Crippen LogP contribution in [-0.2, 0) is 0 Å². The van der Waals surface area contributed by atoms with Gasteiger partial charge in [0.15, 0.2) is 0 Å². The van der Waals surface area contributed by atoms with E-state index in [0.717, 1.165) is 10.6 Å². The SMILES string of the molecule is O=C(Nc1cccc(C2SCCS2)c1)c1cccs1. The summed E-state index contributed by atoms with van der Waals surface area (Å²) in [6.07, 6.45) is 0. The highest BCUT2D eigenvalue weighted by molar-refractivity contribution is 8.19. The van der Waals surface area contributed by atoms with Gasteiger partial charge in [0.2, 0.25) is 0 Å². The Balaban J connectivity index is 1.74. The van der Waals surface area contributed by atoms with Gasteiger partial charge < -0.3 is 5.32 Å². The van der Waals surface area contributed by atoms with Crippen molar-refractivity contribution in [1.29, 1.82) is 0 Å². The second-order valence-electron chi connectivity index (χ2n) is 4.13. The normalized spacial score (nSPS) is 15.6. The summed E-state index contributed by atoms with van der Waals surface area (Å²) in [6, 6.07) is 11.9. The van der Waals surface area contributed by atoms with E-state index < -0.39 is 0 Å². The number of carbonyl (C=O) groups excluding carboxylic acids is 1. The summed E-state index contributed by atoms with van der Waals surface area (Å²) in [6.45, 7) is 0. The minimum Gasteiger partial charge on any atom is -0.321 e. The molecule has 0 radical (unpaired) electrons. The maximum absolute atomic E-state index is 12.0. The molecule has 1 aromatic heterocycles. The van der Waals surface area contributed by atoms with E-state index in [4.69, 9.17) is 0 Å². The van der Waals surface area contributed by atoms with Gasteiger partial charge in [-0.2, -0.15) is 0 Å². The Labute approximate surface area is 125 Å². The van der Waals surface area contributed by atoms with Crippen LogP contribution < -0.4 is 5.32 Å². The first-order valence-corrected chi connectivity index (χ1v) is 8.99. The number of hydrogen-bond acceptors (Lipinski definition) is 4. The monoisotopic (exact) mass is 307 g/mol. The number of thioether (sulfide) groups is 2. The molecule has 19 heavy (non-hydrogen) atoms. The number of anilines is 1. The van der Waals surface area contributed by atoms with Crippen LogP contribution in [0.5, 0.6) is 0 Å². The zero-order chi connectivity index (χ0) is 13.1. The Hall–Kier alpha value is -0.910. The van der Waals surface area contributed by atoms with E-state index in [1.807, 2.05) is 53.2 Å². The van der Waals surface area contributed by atoms with Crippen LogP contribution in [0.2, 0.25) is 0 Å². The molecule has 0 atom stereocenters. The van der Waals surface area contributed by atoms with Crippen LogP contribution in [0.1, 0.15) is 19.8 Å². The summed E-state index contributed by atoms with van der Waals surface area (Å²) in [5.41, 5.74) is 2.17. The third-order valence-electron chi connectivity index (χ3n) is 2.78. The van der Waals surface area contributed by atoms with Gasteiger partial charge in [0.1, 0.15) is 0 Å². The fraction of sp³-hybridized carbons (Fsp3) is 0.214. The highest BCUT2D eigenvalue weighted by Gasteiger charge is 2.18. The Morgan fingerprint density at radius 2 is 2.00 bits per heavy atom. The standard InChI is InChI=1S/C14H13NOS3/c16-13(12-5-2-6-17-12)15-11-4-1-3-10(9-11)14-18-7-8-19-14/h1-6,9,14H,7-8H2,(H,15,16). The molecule has 1 amide bonds. The average Bonchev–Trinajstić information content (AvgIpc) is 3.13. The van der Waals surface area contributed by atoms with Gasteiger partial charge in [0, 0.05) is 17.2 Å². The fourth-order valence-electron chi connectivity index (χ4n) is 1.91. The van der Waals surface area contributed by atoms with Crippen LogP contribution in [0.15, 0.2) is 41.8 Å². The molecule has 0 aliphatic carbocycles. The lowest BCUT2D eigenvalue weighted by Gasteiger charge is -2.10. The van der Waals surface area contributed by atoms with Crippen LogP contribution >= 0.6 is 34.9 Å². The number of nitrogens with one attached hydrogen (secondary N) is 1. The molecule has 1 aliphatic heterocycles. The van der Waals surface area contributed by atoms with Crippen molar-refractivity contribution in [3.05, 3.63) is 52.2 Å². The van der Waals surface area contributed by atoms with Crippen LogP contribution in [0.3, 0.4) is 0 Å². The lowest BCUT2D eigenvalue weighted by Crippen LogP contribution is -2.10. The first kappa shape index (κ1) is 13.1. The maximum Gasteiger partial charge on any atom is 0.265 e. The zero-order valence-electron chi connectivity index (χ0n) is 10.2. The molecule has 2 nitrogen and oxygen atoms in total. The van der Waals surface area contributed by atoms with E-state index in [1.54, 1.807) is 0 Å². The minimum atomic E-state index is -0.0288. The summed E-state index contributed by atoms with van der Waals surface area (Å²) in [5.74, 6) is 2.39. The quantitative estimate of drug-likeness (QED) is 0.906. The molecular weight excluding hydrogens is 294 g/mol. The van der Waals surface area contributed by atoms with Gasteiger partial charge in [-0.3, -0.25) is 4.79 Å². The average molecular weight is 307 g/mol. The Kier molecular flexibility index (Phi) is 4.15. The van der Waals surface area contributed by atoms with E-state index in [1.165, 1.54) is 28.4 Å². The van der Waals surface area contributed by atoms with Crippen molar-refractivity contribution in [1.82, 2.24) is 0 Å². The number of benzene rings is 1.